The van der Waals surface area contributed by atoms with E-state index < -0.39 is 0 Å². The van der Waals surface area contributed by atoms with Crippen molar-refractivity contribution >= 4 is 0 Å². The summed E-state index contributed by atoms with van der Waals surface area (Å²) in [7, 11) is 0. The van der Waals surface area contributed by atoms with Crippen LogP contribution in [-0.2, 0) is 0 Å². The third-order valence-electron chi connectivity index (χ3n) is 5.06. The maximum absolute atomic E-state index is 3.71. The van der Waals surface area contributed by atoms with Gasteiger partial charge in [-0.15, -0.1) is 0 Å². The summed E-state index contributed by atoms with van der Waals surface area (Å²) >= 11 is 0. The van der Waals surface area contributed by atoms with Crippen molar-refractivity contribution in [2.45, 2.75) is 77.8 Å². The van der Waals surface area contributed by atoms with E-state index in [0.29, 0.717) is 11.5 Å². The molecule has 0 spiro atoms. The highest BCUT2D eigenvalue weighted by Gasteiger charge is 2.37. The molecular formula is C16H32N2. The van der Waals surface area contributed by atoms with Crippen LogP contribution in [0, 0.1) is 5.41 Å². The molecule has 1 unspecified atom stereocenters. The smallest absolute Gasteiger partial charge is 0.00933 e. The fourth-order valence-electron chi connectivity index (χ4n) is 3.93. The van der Waals surface area contributed by atoms with Crippen LogP contribution in [0.25, 0.3) is 0 Å². The van der Waals surface area contributed by atoms with Crippen LogP contribution in [0.15, 0.2) is 0 Å². The van der Waals surface area contributed by atoms with Crippen LogP contribution >= 0.6 is 0 Å². The first-order chi connectivity index (χ1) is 8.65. The van der Waals surface area contributed by atoms with Gasteiger partial charge in [0.1, 0.15) is 0 Å². The van der Waals surface area contributed by atoms with Crippen molar-refractivity contribution < 1.29 is 0 Å². The fraction of sp³-hybridized carbons (Fsp3) is 1.00. The molecular weight excluding hydrogens is 220 g/mol. The molecule has 0 bridgehead atoms. The number of nitrogens with zero attached hydrogens (tertiary/aromatic N) is 1. The van der Waals surface area contributed by atoms with Crippen molar-refractivity contribution in [3.63, 3.8) is 0 Å². The molecule has 106 valence electrons. The van der Waals surface area contributed by atoms with Crippen molar-refractivity contribution in [2.24, 2.45) is 5.41 Å². The van der Waals surface area contributed by atoms with Crippen LogP contribution in [-0.4, -0.2) is 36.6 Å². The molecule has 2 rings (SSSR count). The maximum Gasteiger partial charge on any atom is 0.00933 e. The molecule has 1 N–H and O–H groups in total. The lowest BCUT2D eigenvalue weighted by atomic mass is 9.85. The van der Waals surface area contributed by atoms with Crippen LogP contribution in [0.5, 0.6) is 0 Å². The van der Waals surface area contributed by atoms with E-state index in [-0.39, 0.29) is 0 Å². The lowest BCUT2D eigenvalue weighted by Crippen LogP contribution is -2.45. The molecule has 1 aliphatic heterocycles. The van der Waals surface area contributed by atoms with Gasteiger partial charge >= 0.3 is 0 Å². The zero-order valence-electron chi connectivity index (χ0n) is 12.7. The van der Waals surface area contributed by atoms with Gasteiger partial charge in [-0.05, 0) is 44.1 Å². The summed E-state index contributed by atoms with van der Waals surface area (Å²) in [5.74, 6) is 0. The molecule has 2 fully saturated rings. The van der Waals surface area contributed by atoms with E-state index in [4.69, 9.17) is 0 Å². The molecule has 1 aliphatic carbocycles. The summed E-state index contributed by atoms with van der Waals surface area (Å²) in [5.41, 5.74) is 0.585. The monoisotopic (exact) mass is 252 g/mol. The van der Waals surface area contributed by atoms with Gasteiger partial charge in [0.25, 0.3) is 0 Å². The Morgan fingerprint density at radius 1 is 1.22 bits per heavy atom. The van der Waals surface area contributed by atoms with Crippen molar-refractivity contribution in [2.75, 3.05) is 19.6 Å². The average molecular weight is 252 g/mol. The Morgan fingerprint density at radius 3 is 2.56 bits per heavy atom. The Labute approximate surface area is 114 Å². The standard InChI is InChI=1S/C16H32N2/c1-4-15-8-7-11-18(15)13-16(9-5-6-10-16)12-17-14(2)3/h14-15,17H,4-13H2,1-3H3. The topological polar surface area (TPSA) is 15.3 Å². The average Bonchev–Trinajstić information content (AvgIpc) is 2.97. The molecule has 1 heterocycles. The minimum atomic E-state index is 0.585. The van der Waals surface area contributed by atoms with Crippen molar-refractivity contribution in [1.82, 2.24) is 10.2 Å². The van der Waals surface area contributed by atoms with Gasteiger partial charge in [0.2, 0.25) is 0 Å². The molecule has 0 aromatic rings. The first-order valence-electron chi connectivity index (χ1n) is 8.13. The maximum atomic E-state index is 3.71. The van der Waals surface area contributed by atoms with E-state index in [1.165, 1.54) is 64.6 Å². The van der Waals surface area contributed by atoms with Gasteiger partial charge in [0.15, 0.2) is 0 Å². The lowest BCUT2D eigenvalue weighted by Gasteiger charge is -2.37. The van der Waals surface area contributed by atoms with Crippen molar-refractivity contribution in [1.29, 1.82) is 0 Å². The van der Waals surface area contributed by atoms with E-state index in [1.54, 1.807) is 0 Å². The third-order valence-corrected chi connectivity index (χ3v) is 5.06. The molecule has 0 aromatic heterocycles. The zero-order valence-corrected chi connectivity index (χ0v) is 12.7. The summed E-state index contributed by atoms with van der Waals surface area (Å²) in [4.78, 5) is 2.80. The van der Waals surface area contributed by atoms with Crippen molar-refractivity contribution in [3.8, 4) is 0 Å². The predicted octanol–water partition coefficient (Wildman–Crippen LogP) is 3.42. The second-order valence-corrected chi connectivity index (χ2v) is 6.92. The van der Waals surface area contributed by atoms with Crippen LogP contribution < -0.4 is 5.32 Å². The zero-order chi connectivity index (χ0) is 13.0. The molecule has 1 saturated heterocycles. The van der Waals surface area contributed by atoms with Crippen LogP contribution in [0.2, 0.25) is 0 Å². The Bertz CT molecular complexity index is 243. The largest absolute Gasteiger partial charge is 0.314 e. The molecule has 1 atom stereocenters. The summed E-state index contributed by atoms with van der Waals surface area (Å²) in [5, 5.41) is 3.71. The van der Waals surface area contributed by atoms with E-state index >= 15 is 0 Å². The number of rotatable bonds is 6. The van der Waals surface area contributed by atoms with E-state index in [2.05, 4.69) is 31.0 Å². The quantitative estimate of drug-likeness (QED) is 0.779. The molecule has 2 heteroatoms. The van der Waals surface area contributed by atoms with Gasteiger partial charge in [-0.1, -0.05) is 33.6 Å². The molecule has 18 heavy (non-hydrogen) atoms. The molecule has 2 nitrogen and oxygen atoms in total. The molecule has 0 radical (unpaired) electrons. The molecule has 0 aromatic carbocycles. The number of nitrogens with one attached hydrogen (secondary N) is 1. The highest BCUT2D eigenvalue weighted by molar-refractivity contribution is 4.92. The van der Waals surface area contributed by atoms with Gasteiger partial charge in [0.05, 0.1) is 0 Å². The summed E-state index contributed by atoms with van der Waals surface area (Å²) < 4.78 is 0. The molecule has 2 aliphatic rings. The molecule has 0 amide bonds. The Balaban J connectivity index is 1.92. The van der Waals surface area contributed by atoms with E-state index in [9.17, 15) is 0 Å². The summed E-state index contributed by atoms with van der Waals surface area (Å²) in [6, 6.07) is 1.50. The van der Waals surface area contributed by atoms with E-state index in [1.807, 2.05) is 0 Å². The second kappa shape index (κ2) is 6.38. The SMILES string of the molecule is CCC1CCCN1CC1(CNC(C)C)CCCC1. The highest BCUT2D eigenvalue weighted by Crippen LogP contribution is 2.40. The Hall–Kier alpha value is -0.0800. The first-order valence-corrected chi connectivity index (χ1v) is 8.13. The number of hydrogen-bond donors (Lipinski definition) is 1. The lowest BCUT2D eigenvalue weighted by molar-refractivity contribution is 0.134. The minimum Gasteiger partial charge on any atom is -0.314 e. The Morgan fingerprint density at radius 2 is 1.94 bits per heavy atom. The summed E-state index contributed by atoms with van der Waals surface area (Å²) in [6.45, 7) is 10.8. The second-order valence-electron chi connectivity index (χ2n) is 6.92. The van der Waals surface area contributed by atoms with Crippen LogP contribution in [0.1, 0.15) is 65.7 Å². The normalized spacial score (nSPS) is 28.3. The van der Waals surface area contributed by atoms with E-state index in [0.717, 1.165) is 6.04 Å². The van der Waals surface area contributed by atoms with Gasteiger partial charge in [-0.25, -0.2) is 0 Å². The third kappa shape index (κ3) is 3.48. The van der Waals surface area contributed by atoms with Gasteiger partial charge in [0, 0.05) is 25.2 Å². The van der Waals surface area contributed by atoms with Crippen LogP contribution in [0.4, 0.5) is 0 Å². The van der Waals surface area contributed by atoms with Gasteiger partial charge < -0.3 is 5.32 Å². The fourth-order valence-corrected chi connectivity index (χ4v) is 3.93. The van der Waals surface area contributed by atoms with Gasteiger partial charge in [-0.2, -0.15) is 0 Å². The molecule has 1 saturated carbocycles. The number of likely N-dealkylation sites (tertiary alicyclic amines) is 1. The van der Waals surface area contributed by atoms with Crippen molar-refractivity contribution in [3.05, 3.63) is 0 Å². The van der Waals surface area contributed by atoms with Gasteiger partial charge in [-0.3, -0.25) is 4.90 Å². The van der Waals surface area contributed by atoms with Crippen LogP contribution in [0.3, 0.4) is 0 Å². The highest BCUT2D eigenvalue weighted by atomic mass is 15.2. The predicted molar refractivity (Wildman–Crippen MR) is 78.9 cm³/mol. The first kappa shape index (κ1) is 14.3. The summed E-state index contributed by atoms with van der Waals surface area (Å²) in [6.07, 6.45) is 9.98. The number of hydrogen-bond acceptors (Lipinski definition) is 2. The minimum absolute atomic E-state index is 0.585. The Kier molecular flexibility index (Phi) is 5.08.